The van der Waals surface area contributed by atoms with E-state index in [1.807, 2.05) is 0 Å². The van der Waals surface area contributed by atoms with E-state index in [-0.39, 0.29) is 0 Å². The van der Waals surface area contributed by atoms with Crippen molar-refractivity contribution in [2.24, 2.45) is 0 Å². The van der Waals surface area contributed by atoms with Gasteiger partial charge in [-0.25, -0.2) is 0 Å². The van der Waals surface area contributed by atoms with E-state index in [9.17, 15) is 0 Å². The Labute approximate surface area is 113 Å². The van der Waals surface area contributed by atoms with Crippen LogP contribution in [0.4, 0.5) is 0 Å². The van der Waals surface area contributed by atoms with Gasteiger partial charge in [0.1, 0.15) is 5.75 Å². The Kier molecular flexibility index (Phi) is 6.60. The van der Waals surface area contributed by atoms with Crippen molar-refractivity contribution in [1.82, 2.24) is 5.32 Å². The molecule has 3 heteroatoms. The molecule has 0 atom stereocenters. The number of halogens is 1. The molecule has 0 aliphatic carbocycles. The zero-order valence-corrected chi connectivity index (χ0v) is 12.6. The van der Waals surface area contributed by atoms with Gasteiger partial charge in [0.15, 0.2) is 0 Å². The molecule has 0 fully saturated rings. The molecule has 1 rings (SSSR count). The van der Waals surface area contributed by atoms with E-state index in [1.165, 1.54) is 11.1 Å². The summed E-state index contributed by atoms with van der Waals surface area (Å²) in [5.74, 6) is 1.04. The molecule has 0 aliphatic heterocycles. The zero-order chi connectivity index (χ0) is 12.7. The third-order valence-corrected chi connectivity index (χ3v) is 2.97. The van der Waals surface area contributed by atoms with Gasteiger partial charge in [0.2, 0.25) is 0 Å². The van der Waals surface area contributed by atoms with E-state index in [2.05, 4.69) is 54.2 Å². The minimum Gasteiger partial charge on any atom is -0.493 e. The molecule has 1 aromatic carbocycles. The Hall–Kier alpha value is -0.540. The Bertz CT molecular complexity index is 352. The number of hydrogen-bond acceptors (Lipinski definition) is 2. The first kappa shape index (κ1) is 14.5. The van der Waals surface area contributed by atoms with E-state index >= 15 is 0 Å². The van der Waals surface area contributed by atoms with Crippen LogP contribution in [0.2, 0.25) is 0 Å². The monoisotopic (exact) mass is 299 g/mol. The summed E-state index contributed by atoms with van der Waals surface area (Å²) in [4.78, 5) is 0. The van der Waals surface area contributed by atoms with E-state index in [0.29, 0.717) is 0 Å². The van der Waals surface area contributed by atoms with Gasteiger partial charge in [-0.3, -0.25) is 0 Å². The molecule has 0 radical (unpaired) electrons. The number of hydrogen-bond donors (Lipinski definition) is 1. The highest BCUT2D eigenvalue weighted by Crippen LogP contribution is 2.28. The first-order chi connectivity index (χ1) is 8.19. The standard InChI is InChI=1S/C14H22BrNO/c1-4-6-16-10-12-9-13(15)8-11(3)14(12)17-7-5-2/h8-9,16H,4-7,10H2,1-3H3. The topological polar surface area (TPSA) is 21.3 Å². The third-order valence-electron chi connectivity index (χ3n) is 2.51. The van der Waals surface area contributed by atoms with Gasteiger partial charge in [-0.2, -0.15) is 0 Å². The van der Waals surface area contributed by atoms with Crippen LogP contribution in [0.5, 0.6) is 5.75 Å². The lowest BCUT2D eigenvalue weighted by atomic mass is 10.1. The Morgan fingerprint density at radius 1 is 1.24 bits per heavy atom. The Balaban J connectivity index is 2.82. The molecular formula is C14H22BrNO. The number of rotatable bonds is 7. The molecule has 0 aliphatic rings. The maximum Gasteiger partial charge on any atom is 0.126 e. The van der Waals surface area contributed by atoms with Crippen molar-refractivity contribution in [3.05, 3.63) is 27.7 Å². The van der Waals surface area contributed by atoms with E-state index in [0.717, 1.165) is 42.8 Å². The lowest BCUT2D eigenvalue weighted by Gasteiger charge is -2.15. The van der Waals surface area contributed by atoms with Crippen molar-refractivity contribution < 1.29 is 4.74 Å². The average molecular weight is 300 g/mol. The van der Waals surface area contributed by atoms with Crippen molar-refractivity contribution >= 4 is 15.9 Å². The van der Waals surface area contributed by atoms with Gasteiger partial charge in [-0.05, 0) is 44.0 Å². The fourth-order valence-electron chi connectivity index (χ4n) is 1.74. The van der Waals surface area contributed by atoms with E-state index in [4.69, 9.17) is 4.74 Å². The molecule has 0 saturated carbocycles. The molecule has 0 heterocycles. The van der Waals surface area contributed by atoms with Crippen LogP contribution in [-0.2, 0) is 6.54 Å². The van der Waals surface area contributed by atoms with Crippen molar-refractivity contribution in [3.8, 4) is 5.75 Å². The van der Waals surface area contributed by atoms with Crippen molar-refractivity contribution in [3.63, 3.8) is 0 Å². The van der Waals surface area contributed by atoms with Gasteiger partial charge < -0.3 is 10.1 Å². The van der Waals surface area contributed by atoms with Crippen LogP contribution < -0.4 is 10.1 Å². The predicted molar refractivity (Wildman–Crippen MR) is 76.7 cm³/mol. The molecule has 0 unspecified atom stereocenters. The summed E-state index contributed by atoms with van der Waals surface area (Å²) in [5, 5.41) is 3.42. The summed E-state index contributed by atoms with van der Waals surface area (Å²) in [6.45, 7) is 9.09. The van der Waals surface area contributed by atoms with Gasteiger partial charge in [0.25, 0.3) is 0 Å². The van der Waals surface area contributed by atoms with E-state index in [1.54, 1.807) is 0 Å². The van der Waals surface area contributed by atoms with Gasteiger partial charge in [-0.15, -0.1) is 0 Å². The van der Waals surface area contributed by atoms with Gasteiger partial charge in [0, 0.05) is 16.6 Å². The minimum absolute atomic E-state index is 0.781. The first-order valence-electron chi connectivity index (χ1n) is 6.31. The Morgan fingerprint density at radius 3 is 2.65 bits per heavy atom. The molecule has 0 spiro atoms. The highest BCUT2D eigenvalue weighted by molar-refractivity contribution is 9.10. The van der Waals surface area contributed by atoms with Crippen molar-refractivity contribution in [2.75, 3.05) is 13.2 Å². The molecule has 0 amide bonds. The van der Waals surface area contributed by atoms with Crippen molar-refractivity contribution in [2.45, 2.75) is 40.2 Å². The lowest BCUT2D eigenvalue weighted by molar-refractivity contribution is 0.311. The predicted octanol–water partition coefficient (Wildman–Crippen LogP) is 4.05. The second-order valence-electron chi connectivity index (χ2n) is 4.24. The third kappa shape index (κ3) is 4.68. The maximum absolute atomic E-state index is 5.84. The number of aryl methyl sites for hydroxylation is 1. The summed E-state index contributed by atoms with van der Waals surface area (Å²) in [5.41, 5.74) is 2.43. The largest absolute Gasteiger partial charge is 0.493 e. The van der Waals surface area contributed by atoms with E-state index < -0.39 is 0 Å². The second kappa shape index (κ2) is 7.72. The van der Waals surface area contributed by atoms with Crippen LogP contribution in [0.1, 0.15) is 37.8 Å². The van der Waals surface area contributed by atoms with Gasteiger partial charge >= 0.3 is 0 Å². The van der Waals surface area contributed by atoms with Gasteiger partial charge in [0.05, 0.1) is 6.61 Å². The number of benzene rings is 1. The summed E-state index contributed by atoms with van der Waals surface area (Å²) >= 11 is 3.54. The molecule has 1 N–H and O–H groups in total. The molecular weight excluding hydrogens is 278 g/mol. The highest BCUT2D eigenvalue weighted by Gasteiger charge is 2.08. The molecule has 96 valence electrons. The number of ether oxygens (including phenoxy) is 1. The van der Waals surface area contributed by atoms with Crippen LogP contribution in [0, 0.1) is 6.92 Å². The maximum atomic E-state index is 5.84. The van der Waals surface area contributed by atoms with Crippen LogP contribution in [-0.4, -0.2) is 13.2 Å². The zero-order valence-electron chi connectivity index (χ0n) is 11.0. The van der Waals surface area contributed by atoms with Crippen LogP contribution in [0.3, 0.4) is 0 Å². The molecule has 0 bridgehead atoms. The minimum atomic E-state index is 0.781. The molecule has 2 nitrogen and oxygen atoms in total. The fourth-order valence-corrected chi connectivity index (χ4v) is 2.36. The second-order valence-corrected chi connectivity index (χ2v) is 5.15. The first-order valence-corrected chi connectivity index (χ1v) is 7.10. The summed E-state index contributed by atoms with van der Waals surface area (Å²) < 4.78 is 6.96. The normalized spacial score (nSPS) is 10.6. The van der Waals surface area contributed by atoms with Gasteiger partial charge in [-0.1, -0.05) is 29.8 Å². The molecule has 1 aromatic rings. The SMILES string of the molecule is CCCNCc1cc(Br)cc(C)c1OCCC. The highest BCUT2D eigenvalue weighted by atomic mass is 79.9. The van der Waals surface area contributed by atoms with Crippen LogP contribution in [0.25, 0.3) is 0 Å². The summed E-state index contributed by atoms with van der Waals surface area (Å²) in [6.07, 6.45) is 2.19. The Morgan fingerprint density at radius 2 is 2.00 bits per heavy atom. The quantitative estimate of drug-likeness (QED) is 0.767. The number of nitrogens with one attached hydrogen (secondary N) is 1. The summed E-state index contributed by atoms with van der Waals surface area (Å²) in [6, 6.07) is 4.25. The fraction of sp³-hybridized carbons (Fsp3) is 0.571. The molecule has 0 aromatic heterocycles. The molecule has 0 saturated heterocycles. The van der Waals surface area contributed by atoms with Crippen LogP contribution in [0.15, 0.2) is 16.6 Å². The van der Waals surface area contributed by atoms with Crippen molar-refractivity contribution in [1.29, 1.82) is 0 Å². The van der Waals surface area contributed by atoms with Crippen LogP contribution >= 0.6 is 15.9 Å². The average Bonchev–Trinajstić information content (AvgIpc) is 2.28. The molecule has 17 heavy (non-hydrogen) atoms. The smallest absolute Gasteiger partial charge is 0.126 e. The lowest BCUT2D eigenvalue weighted by Crippen LogP contribution is -2.15. The summed E-state index contributed by atoms with van der Waals surface area (Å²) in [7, 11) is 0.